The molecule has 1 rings (SSSR count). The van der Waals surface area contributed by atoms with E-state index in [9.17, 15) is 5.11 Å². The molecular formula is C13H20ClNO. The van der Waals surface area contributed by atoms with E-state index < -0.39 is 0 Å². The lowest BCUT2D eigenvalue weighted by molar-refractivity contribution is 0.282. The summed E-state index contributed by atoms with van der Waals surface area (Å²) in [5.74, 6) is 0. The topological polar surface area (TPSA) is 23.5 Å². The van der Waals surface area contributed by atoms with Crippen LogP contribution in [0.5, 0.6) is 0 Å². The highest BCUT2D eigenvalue weighted by Crippen LogP contribution is 2.26. The van der Waals surface area contributed by atoms with E-state index in [2.05, 4.69) is 25.8 Å². The molecule has 0 bridgehead atoms. The smallest absolute Gasteiger partial charge is 0.0702 e. The molecule has 1 aromatic rings. The van der Waals surface area contributed by atoms with Crippen molar-refractivity contribution in [3.8, 4) is 0 Å². The number of rotatable bonds is 5. The maximum absolute atomic E-state index is 9.33. The molecule has 0 saturated heterocycles. The Morgan fingerprint density at radius 2 is 1.94 bits per heavy atom. The first-order valence-electron chi connectivity index (χ1n) is 5.76. The minimum Gasteiger partial charge on any atom is -0.392 e. The predicted molar refractivity (Wildman–Crippen MR) is 70.1 cm³/mol. The van der Waals surface area contributed by atoms with Gasteiger partial charge in [0.15, 0.2) is 0 Å². The first-order valence-corrected chi connectivity index (χ1v) is 6.13. The van der Waals surface area contributed by atoms with Gasteiger partial charge in [-0.05, 0) is 31.0 Å². The van der Waals surface area contributed by atoms with E-state index in [-0.39, 0.29) is 6.61 Å². The molecule has 0 radical (unpaired) electrons. The summed E-state index contributed by atoms with van der Waals surface area (Å²) >= 11 is 5.92. The lowest BCUT2D eigenvalue weighted by atomic mass is 10.1. The summed E-state index contributed by atoms with van der Waals surface area (Å²) in [5.41, 5.74) is 1.96. The molecule has 90 valence electrons. The Labute approximate surface area is 103 Å². The second kappa shape index (κ2) is 6.12. The van der Waals surface area contributed by atoms with Crippen LogP contribution in [0.4, 0.5) is 5.69 Å². The van der Waals surface area contributed by atoms with Crippen molar-refractivity contribution < 1.29 is 5.11 Å². The van der Waals surface area contributed by atoms with E-state index in [1.165, 1.54) is 0 Å². The SMILES string of the molecule is CCC(CC)N(C)c1ccc(Cl)cc1CO. The van der Waals surface area contributed by atoms with Gasteiger partial charge in [-0.25, -0.2) is 0 Å². The van der Waals surface area contributed by atoms with Crippen LogP contribution in [0.3, 0.4) is 0 Å². The number of benzene rings is 1. The third kappa shape index (κ3) is 2.89. The summed E-state index contributed by atoms with van der Waals surface area (Å²) in [4.78, 5) is 2.22. The van der Waals surface area contributed by atoms with Crippen LogP contribution in [0, 0.1) is 0 Å². The summed E-state index contributed by atoms with van der Waals surface area (Å²) in [6, 6.07) is 6.18. The number of hydrogen-bond acceptors (Lipinski definition) is 2. The van der Waals surface area contributed by atoms with Gasteiger partial charge < -0.3 is 10.0 Å². The molecule has 2 nitrogen and oxygen atoms in total. The number of aliphatic hydroxyl groups is 1. The van der Waals surface area contributed by atoms with E-state index >= 15 is 0 Å². The Morgan fingerprint density at radius 3 is 2.44 bits per heavy atom. The number of halogens is 1. The standard InChI is InChI=1S/C13H20ClNO/c1-4-12(5-2)15(3)13-7-6-11(14)8-10(13)9-16/h6-8,12,16H,4-5,9H2,1-3H3. The monoisotopic (exact) mass is 241 g/mol. The van der Waals surface area contributed by atoms with Crippen molar-refractivity contribution in [2.75, 3.05) is 11.9 Å². The van der Waals surface area contributed by atoms with Crippen molar-refractivity contribution in [3.63, 3.8) is 0 Å². The highest BCUT2D eigenvalue weighted by atomic mass is 35.5. The molecule has 0 atom stereocenters. The van der Waals surface area contributed by atoms with Gasteiger partial charge in [0.25, 0.3) is 0 Å². The van der Waals surface area contributed by atoms with Gasteiger partial charge in [0.2, 0.25) is 0 Å². The van der Waals surface area contributed by atoms with Gasteiger partial charge in [-0.15, -0.1) is 0 Å². The number of nitrogens with zero attached hydrogens (tertiary/aromatic N) is 1. The fourth-order valence-corrected chi connectivity index (χ4v) is 2.25. The number of aliphatic hydroxyl groups excluding tert-OH is 1. The van der Waals surface area contributed by atoms with Crippen molar-refractivity contribution in [1.82, 2.24) is 0 Å². The lowest BCUT2D eigenvalue weighted by Gasteiger charge is -2.30. The summed E-state index contributed by atoms with van der Waals surface area (Å²) in [7, 11) is 2.07. The van der Waals surface area contributed by atoms with Crippen LogP contribution in [0.2, 0.25) is 5.02 Å². The van der Waals surface area contributed by atoms with Gasteiger partial charge in [0.05, 0.1) is 6.61 Å². The molecule has 0 amide bonds. The maximum atomic E-state index is 9.33. The summed E-state index contributed by atoms with van der Waals surface area (Å²) in [6.45, 7) is 4.39. The molecule has 0 aliphatic carbocycles. The largest absolute Gasteiger partial charge is 0.392 e. The Morgan fingerprint density at radius 1 is 1.31 bits per heavy atom. The highest BCUT2D eigenvalue weighted by Gasteiger charge is 2.14. The molecule has 0 spiro atoms. The quantitative estimate of drug-likeness (QED) is 0.854. The molecule has 0 heterocycles. The van der Waals surface area contributed by atoms with E-state index in [0.717, 1.165) is 24.1 Å². The van der Waals surface area contributed by atoms with E-state index in [4.69, 9.17) is 11.6 Å². The van der Waals surface area contributed by atoms with Crippen LogP contribution in [0.15, 0.2) is 18.2 Å². The summed E-state index contributed by atoms with van der Waals surface area (Å²) in [5, 5.41) is 10.0. The minimum atomic E-state index is 0.0282. The zero-order valence-electron chi connectivity index (χ0n) is 10.2. The highest BCUT2D eigenvalue weighted by molar-refractivity contribution is 6.30. The first kappa shape index (κ1) is 13.3. The van der Waals surface area contributed by atoms with Crippen LogP contribution < -0.4 is 4.90 Å². The Bertz CT molecular complexity index is 337. The number of anilines is 1. The van der Waals surface area contributed by atoms with Crippen LogP contribution in [0.1, 0.15) is 32.3 Å². The van der Waals surface area contributed by atoms with Gasteiger partial charge in [0, 0.05) is 29.4 Å². The van der Waals surface area contributed by atoms with Crippen LogP contribution in [-0.2, 0) is 6.61 Å². The van der Waals surface area contributed by atoms with Crippen LogP contribution >= 0.6 is 11.6 Å². The summed E-state index contributed by atoms with van der Waals surface area (Å²) in [6.07, 6.45) is 2.20. The average Bonchev–Trinajstić information content (AvgIpc) is 2.30. The molecule has 0 aliphatic heterocycles. The molecule has 0 saturated carbocycles. The Balaban J connectivity index is 3.02. The zero-order valence-corrected chi connectivity index (χ0v) is 11.0. The van der Waals surface area contributed by atoms with Crippen molar-refractivity contribution in [3.05, 3.63) is 28.8 Å². The van der Waals surface area contributed by atoms with Crippen LogP contribution in [-0.4, -0.2) is 18.2 Å². The maximum Gasteiger partial charge on any atom is 0.0702 e. The van der Waals surface area contributed by atoms with Gasteiger partial charge in [-0.1, -0.05) is 25.4 Å². The fraction of sp³-hybridized carbons (Fsp3) is 0.538. The number of hydrogen-bond donors (Lipinski definition) is 1. The van der Waals surface area contributed by atoms with Gasteiger partial charge >= 0.3 is 0 Å². The molecule has 1 aromatic carbocycles. The molecule has 3 heteroatoms. The molecule has 0 aromatic heterocycles. The molecule has 0 unspecified atom stereocenters. The second-order valence-electron chi connectivity index (χ2n) is 4.01. The Hall–Kier alpha value is -0.730. The minimum absolute atomic E-state index is 0.0282. The van der Waals surface area contributed by atoms with Gasteiger partial charge in [0.1, 0.15) is 0 Å². The molecule has 0 aliphatic rings. The van der Waals surface area contributed by atoms with E-state index in [1.807, 2.05) is 18.2 Å². The molecular weight excluding hydrogens is 222 g/mol. The summed E-state index contributed by atoms with van der Waals surface area (Å²) < 4.78 is 0. The second-order valence-corrected chi connectivity index (χ2v) is 4.45. The fourth-order valence-electron chi connectivity index (χ4n) is 2.06. The molecule has 16 heavy (non-hydrogen) atoms. The van der Waals surface area contributed by atoms with Gasteiger partial charge in [-0.2, -0.15) is 0 Å². The molecule has 0 fully saturated rings. The predicted octanol–water partition coefficient (Wildman–Crippen LogP) is 3.46. The normalized spacial score (nSPS) is 10.9. The van der Waals surface area contributed by atoms with Crippen molar-refractivity contribution in [1.29, 1.82) is 0 Å². The average molecular weight is 242 g/mol. The Kier molecular flexibility index (Phi) is 5.10. The van der Waals surface area contributed by atoms with Crippen molar-refractivity contribution in [2.24, 2.45) is 0 Å². The lowest BCUT2D eigenvalue weighted by Crippen LogP contribution is -2.31. The molecule has 1 N–H and O–H groups in total. The van der Waals surface area contributed by atoms with Crippen LogP contribution in [0.25, 0.3) is 0 Å². The van der Waals surface area contributed by atoms with E-state index in [1.54, 1.807) is 0 Å². The van der Waals surface area contributed by atoms with Crippen molar-refractivity contribution in [2.45, 2.75) is 39.3 Å². The third-order valence-corrected chi connectivity index (χ3v) is 3.32. The first-order chi connectivity index (χ1) is 7.63. The van der Waals surface area contributed by atoms with Gasteiger partial charge in [-0.3, -0.25) is 0 Å². The van der Waals surface area contributed by atoms with Crippen molar-refractivity contribution >= 4 is 17.3 Å². The zero-order chi connectivity index (χ0) is 12.1. The third-order valence-electron chi connectivity index (χ3n) is 3.08. The van der Waals surface area contributed by atoms with E-state index in [0.29, 0.717) is 11.1 Å².